The van der Waals surface area contributed by atoms with Crippen LogP contribution in [0.1, 0.15) is 35.3 Å². The molecule has 1 aromatic carbocycles. The van der Waals surface area contributed by atoms with Crippen molar-refractivity contribution in [3.8, 4) is 0 Å². The third-order valence-corrected chi connectivity index (χ3v) is 3.79. The Balaban J connectivity index is 2.46. The standard InChI is InChI=1S/C14H17NO2S/c1-9-6-5-7-10-11(9)12(17-13(10)16)15-14(2,3)8-18-4/h5-7H,8H2,1-4H3/b15-12+. The number of aliphatic imine (C=N–C) groups is 1. The Bertz CT molecular complexity index is 521. The van der Waals surface area contributed by atoms with Crippen molar-refractivity contribution >= 4 is 23.6 Å². The smallest absolute Gasteiger partial charge is 0.345 e. The van der Waals surface area contributed by atoms with E-state index in [2.05, 4.69) is 4.99 Å². The van der Waals surface area contributed by atoms with Gasteiger partial charge in [0.1, 0.15) is 0 Å². The average molecular weight is 263 g/mol. The molecular formula is C14H17NO2S. The lowest BCUT2D eigenvalue weighted by Gasteiger charge is -2.18. The summed E-state index contributed by atoms with van der Waals surface area (Å²) in [5, 5.41) is 0. The minimum atomic E-state index is -0.299. The number of benzene rings is 1. The van der Waals surface area contributed by atoms with E-state index in [-0.39, 0.29) is 11.5 Å². The molecule has 0 bridgehead atoms. The monoisotopic (exact) mass is 263 g/mol. The molecule has 0 spiro atoms. The summed E-state index contributed by atoms with van der Waals surface area (Å²) in [5.74, 6) is 1.05. The first-order chi connectivity index (χ1) is 8.44. The summed E-state index contributed by atoms with van der Waals surface area (Å²) in [6.45, 7) is 6.05. The van der Waals surface area contributed by atoms with Crippen molar-refractivity contribution in [1.82, 2.24) is 0 Å². The van der Waals surface area contributed by atoms with Gasteiger partial charge in [-0.2, -0.15) is 11.8 Å². The van der Waals surface area contributed by atoms with Crippen LogP contribution in [0.25, 0.3) is 0 Å². The molecule has 0 saturated heterocycles. The van der Waals surface area contributed by atoms with Crippen LogP contribution >= 0.6 is 11.8 Å². The van der Waals surface area contributed by atoms with Crippen LogP contribution in [0.15, 0.2) is 23.2 Å². The lowest BCUT2D eigenvalue weighted by molar-refractivity contribution is 0.0736. The molecule has 1 heterocycles. The second-order valence-electron chi connectivity index (χ2n) is 5.05. The van der Waals surface area contributed by atoms with Crippen LogP contribution in [-0.4, -0.2) is 29.4 Å². The lowest BCUT2D eigenvalue weighted by Crippen LogP contribution is -2.23. The van der Waals surface area contributed by atoms with Gasteiger partial charge in [-0.3, -0.25) is 0 Å². The van der Waals surface area contributed by atoms with E-state index in [0.717, 1.165) is 16.9 Å². The highest BCUT2D eigenvalue weighted by Crippen LogP contribution is 2.26. The van der Waals surface area contributed by atoms with Gasteiger partial charge >= 0.3 is 5.97 Å². The van der Waals surface area contributed by atoms with Crippen LogP contribution in [-0.2, 0) is 4.74 Å². The number of aryl methyl sites for hydroxylation is 1. The van der Waals surface area contributed by atoms with Crippen molar-refractivity contribution in [2.45, 2.75) is 26.3 Å². The Hall–Kier alpha value is -1.29. The Morgan fingerprint density at radius 2 is 2.11 bits per heavy atom. The lowest BCUT2D eigenvalue weighted by atomic mass is 10.0. The predicted octanol–water partition coefficient (Wildman–Crippen LogP) is 3.05. The average Bonchev–Trinajstić information content (AvgIpc) is 2.56. The van der Waals surface area contributed by atoms with E-state index >= 15 is 0 Å². The molecule has 3 nitrogen and oxygen atoms in total. The molecule has 18 heavy (non-hydrogen) atoms. The molecule has 2 rings (SSSR count). The maximum Gasteiger partial charge on any atom is 0.345 e. The number of hydrogen-bond acceptors (Lipinski definition) is 4. The zero-order valence-corrected chi connectivity index (χ0v) is 11.9. The largest absolute Gasteiger partial charge is 0.404 e. The topological polar surface area (TPSA) is 38.7 Å². The zero-order chi connectivity index (χ0) is 13.3. The number of thioether (sulfide) groups is 1. The van der Waals surface area contributed by atoms with E-state index in [9.17, 15) is 4.79 Å². The first kappa shape index (κ1) is 13.1. The number of nitrogens with zero attached hydrogens (tertiary/aromatic N) is 1. The Morgan fingerprint density at radius 3 is 2.78 bits per heavy atom. The number of cyclic esters (lactones) is 1. The molecule has 1 aliphatic rings. The van der Waals surface area contributed by atoms with Crippen molar-refractivity contribution in [2.24, 2.45) is 4.99 Å². The number of ether oxygens (including phenoxy) is 1. The SMILES string of the molecule is CSCC(C)(C)/N=C1/OC(=O)c2cccc(C)c21. The molecule has 0 fully saturated rings. The highest BCUT2D eigenvalue weighted by atomic mass is 32.2. The molecule has 1 aliphatic heterocycles. The number of carbonyl (C=O) groups is 1. The van der Waals surface area contributed by atoms with E-state index < -0.39 is 0 Å². The number of esters is 1. The third kappa shape index (κ3) is 2.43. The quantitative estimate of drug-likeness (QED) is 0.787. The molecule has 0 N–H and O–H groups in total. The Morgan fingerprint density at radius 1 is 1.39 bits per heavy atom. The summed E-state index contributed by atoms with van der Waals surface area (Å²) < 4.78 is 5.30. The van der Waals surface area contributed by atoms with Gasteiger partial charge in [-0.05, 0) is 38.7 Å². The van der Waals surface area contributed by atoms with Crippen molar-refractivity contribution in [3.63, 3.8) is 0 Å². The number of carbonyl (C=O) groups excluding carboxylic acids is 1. The highest BCUT2D eigenvalue weighted by molar-refractivity contribution is 7.98. The minimum Gasteiger partial charge on any atom is -0.404 e. The van der Waals surface area contributed by atoms with Crippen LogP contribution in [0.2, 0.25) is 0 Å². The van der Waals surface area contributed by atoms with Crippen LogP contribution in [0.4, 0.5) is 0 Å². The predicted molar refractivity (Wildman–Crippen MR) is 75.6 cm³/mol. The summed E-state index contributed by atoms with van der Waals surface area (Å²) in [7, 11) is 0. The summed E-state index contributed by atoms with van der Waals surface area (Å²) in [5.41, 5.74) is 2.25. The fourth-order valence-corrected chi connectivity index (χ4v) is 2.83. The van der Waals surface area contributed by atoms with Crippen LogP contribution < -0.4 is 0 Å². The molecule has 1 aromatic rings. The van der Waals surface area contributed by atoms with Crippen LogP contribution in [0, 0.1) is 6.92 Å². The van der Waals surface area contributed by atoms with Gasteiger partial charge in [0.15, 0.2) is 0 Å². The molecule has 0 atom stereocenters. The van der Waals surface area contributed by atoms with Crippen LogP contribution in [0.5, 0.6) is 0 Å². The fourth-order valence-electron chi connectivity index (χ4n) is 2.05. The maximum atomic E-state index is 11.8. The molecule has 0 saturated carbocycles. The minimum absolute atomic E-state index is 0.237. The first-order valence-corrected chi connectivity index (χ1v) is 7.25. The summed E-state index contributed by atoms with van der Waals surface area (Å²) >= 11 is 1.73. The highest BCUT2D eigenvalue weighted by Gasteiger charge is 2.31. The van der Waals surface area contributed by atoms with E-state index in [4.69, 9.17) is 4.74 Å². The second kappa shape index (κ2) is 4.76. The van der Waals surface area contributed by atoms with E-state index in [1.807, 2.05) is 39.2 Å². The normalized spacial score (nSPS) is 16.9. The van der Waals surface area contributed by atoms with Crippen molar-refractivity contribution in [1.29, 1.82) is 0 Å². The van der Waals surface area contributed by atoms with Gasteiger partial charge in [-0.15, -0.1) is 0 Å². The summed E-state index contributed by atoms with van der Waals surface area (Å²) in [6, 6.07) is 5.62. The molecule has 0 aliphatic carbocycles. The first-order valence-electron chi connectivity index (χ1n) is 5.85. The molecule has 0 unspecified atom stereocenters. The van der Waals surface area contributed by atoms with E-state index in [1.54, 1.807) is 17.8 Å². The van der Waals surface area contributed by atoms with Crippen molar-refractivity contribution in [3.05, 3.63) is 34.9 Å². The Kier molecular flexibility index (Phi) is 3.48. The second-order valence-corrected chi connectivity index (χ2v) is 5.92. The molecule has 4 heteroatoms. The number of rotatable bonds is 3. The van der Waals surface area contributed by atoms with Gasteiger partial charge < -0.3 is 4.74 Å². The molecule has 0 aromatic heterocycles. The van der Waals surface area contributed by atoms with Gasteiger partial charge in [0.25, 0.3) is 0 Å². The summed E-state index contributed by atoms with van der Waals surface area (Å²) in [6.07, 6.45) is 2.04. The molecule has 96 valence electrons. The maximum absolute atomic E-state index is 11.8. The van der Waals surface area contributed by atoms with Gasteiger partial charge in [-0.1, -0.05) is 12.1 Å². The molecular weight excluding hydrogens is 246 g/mol. The number of fused-ring (bicyclic) bond motifs is 1. The third-order valence-electron chi connectivity index (χ3n) is 2.80. The Labute approximate surface area is 112 Å². The molecule has 0 amide bonds. The van der Waals surface area contributed by atoms with E-state index in [1.165, 1.54) is 0 Å². The van der Waals surface area contributed by atoms with Crippen molar-refractivity contribution in [2.75, 3.05) is 12.0 Å². The zero-order valence-electron chi connectivity index (χ0n) is 11.1. The number of hydrogen-bond donors (Lipinski definition) is 0. The van der Waals surface area contributed by atoms with Crippen molar-refractivity contribution < 1.29 is 9.53 Å². The fraction of sp³-hybridized carbons (Fsp3) is 0.429. The van der Waals surface area contributed by atoms with Gasteiger partial charge in [0, 0.05) is 5.75 Å². The van der Waals surface area contributed by atoms with Gasteiger partial charge in [0.2, 0.25) is 5.90 Å². The van der Waals surface area contributed by atoms with Gasteiger partial charge in [-0.25, -0.2) is 9.79 Å². The molecule has 0 radical (unpaired) electrons. The van der Waals surface area contributed by atoms with E-state index in [0.29, 0.717) is 11.5 Å². The van der Waals surface area contributed by atoms with Crippen LogP contribution in [0.3, 0.4) is 0 Å². The summed E-state index contributed by atoms with van der Waals surface area (Å²) in [4.78, 5) is 16.4. The van der Waals surface area contributed by atoms with Gasteiger partial charge in [0.05, 0.1) is 16.7 Å².